The van der Waals surface area contributed by atoms with Gasteiger partial charge in [-0.05, 0) is 37.5 Å². The Kier molecular flexibility index (Phi) is 3.98. The van der Waals surface area contributed by atoms with E-state index >= 15 is 0 Å². The van der Waals surface area contributed by atoms with Crippen LogP contribution in [0, 0.1) is 0 Å². The van der Waals surface area contributed by atoms with E-state index in [0.29, 0.717) is 17.3 Å². The van der Waals surface area contributed by atoms with Crippen LogP contribution in [0.3, 0.4) is 0 Å². The Balaban J connectivity index is 2.33. The van der Waals surface area contributed by atoms with Gasteiger partial charge in [0.15, 0.2) is 0 Å². The maximum absolute atomic E-state index is 12.7. The average Bonchev–Trinajstić information content (AvgIpc) is 3.19. The third-order valence-corrected chi connectivity index (χ3v) is 3.45. The maximum atomic E-state index is 12.7. The summed E-state index contributed by atoms with van der Waals surface area (Å²) >= 11 is 0. The molecule has 0 radical (unpaired) electrons. The molecule has 1 aromatic carbocycles. The van der Waals surface area contributed by atoms with Crippen LogP contribution in [0.4, 0.5) is 11.4 Å². The van der Waals surface area contributed by atoms with Gasteiger partial charge in [-0.25, -0.2) is 0 Å². The number of carbonyl (C=O) groups is 1. The number of nitrogens with two attached hydrogens (primary N) is 1. The highest BCUT2D eigenvalue weighted by atomic mass is 16.2. The van der Waals surface area contributed by atoms with E-state index in [9.17, 15) is 4.79 Å². The second kappa shape index (κ2) is 5.51. The van der Waals surface area contributed by atoms with Gasteiger partial charge in [-0.3, -0.25) is 4.79 Å². The first-order valence-electron chi connectivity index (χ1n) is 6.92. The number of nitrogens with zero attached hydrogens (tertiary/aromatic N) is 2. The van der Waals surface area contributed by atoms with Gasteiger partial charge in [0.05, 0.1) is 5.56 Å². The monoisotopic (exact) mass is 261 g/mol. The molecule has 0 unspecified atom stereocenters. The van der Waals surface area contributed by atoms with Crippen molar-refractivity contribution in [2.24, 2.45) is 0 Å². The molecule has 0 bridgehead atoms. The highest BCUT2D eigenvalue weighted by Crippen LogP contribution is 2.31. The van der Waals surface area contributed by atoms with Crippen LogP contribution in [0.2, 0.25) is 0 Å². The molecule has 1 fully saturated rings. The summed E-state index contributed by atoms with van der Waals surface area (Å²) in [5, 5.41) is 0. The first-order valence-corrected chi connectivity index (χ1v) is 6.92. The maximum Gasteiger partial charge on any atom is 0.256 e. The smallest absolute Gasteiger partial charge is 0.256 e. The van der Waals surface area contributed by atoms with E-state index in [1.807, 2.05) is 36.0 Å². The molecule has 1 aromatic rings. The molecular weight excluding hydrogens is 238 g/mol. The number of anilines is 2. The first kappa shape index (κ1) is 13.7. The van der Waals surface area contributed by atoms with Gasteiger partial charge in [-0.15, -0.1) is 0 Å². The number of amides is 1. The minimum absolute atomic E-state index is 0.111. The van der Waals surface area contributed by atoms with Gasteiger partial charge in [0, 0.05) is 38.1 Å². The fourth-order valence-electron chi connectivity index (χ4n) is 2.35. The summed E-state index contributed by atoms with van der Waals surface area (Å²) in [6.45, 7) is 2.93. The van der Waals surface area contributed by atoms with Gasteiger partial charge in [0.25, 0.3) is 5.91 Å². The molecule has 4 heteroatoms. The van der Waals surface area contributed by atoms with E-state index in [1.54, 1.807) is 6.07 Å². The highest BCUT2D eigenvalue weighted by molar-refractivity contribution is 6.01. The van der Waals surface area contributed by atoms with Crippen molar-refractivity contribution in [2.75, 3.05) is 31.3 Å². The third-order valence-electron chi connectivity index (χ3n) is 3.45. The predicted octanol–water partition coefficient (Wildman–Crippen LogP) is 2.35. The number of carbonyl (C=O) groups excluding carboxylic acids is 1. The summed E-state index contributed by atoms with van der Waals surface area (Å²) < 4.78 is 0. The average molecular weight is 261 g/mol. The standard InChI is InChI=1S/C15H23N3O/c1-4-9-18(12-6-7-12)15(19)13-10-11(16)5-8-14(13)17(2)3/h5,8,10,12H,4,6-7,9,16H2,1-3H3. The van der Waals surface area contributed by atoms with Crippen molar-refractivity contribution in [3.05, 3.63) is 23.8 Å². The predicted molar refractivity (Wildman–Crippen MR) is 79.5 cm³/mol. The molecule has 1 amide bonds. The first-order chi connectivity index (χ1) is 9.04. The summed E-state index contributed by atoms with van der Waals surface area (Å²) in [6, 6.07) is 5.99. The Morgan fingerprint density at radius 3 is 2.58 bits per heavy atom. The summed E-state index contributed by atoms with van der Waals surface area (Å²) in [5.41, 5.74) is 8.13. The molecule has 0 heterocycles. The molecule has 4 nitrogen and oxygen atoms in total. The Bertz CT molecular complexity index is 466. The van der Waals surface area contributed by atoms with Crippen molar-refractivity contribution in [1.29, 1.82) is 0 Å². The number of rotatable bonds is 5. The van der Waals surface area contributed by atoms with Crippen molar-refractivity contribution in [2.45, 2.75) is 32.2 Å². The van der Waals surface area contributed by atoms with Gasteiger partial charge >= 0.3 is 0 Å². The van der Waals surface area contributed by atoms with Gasteiger partial charge in [0.2, 0.25) is 0 Å². The van der Waals surface area contributed by atoms with Gasteiger partial charge in [0.1, 0.15) is 0 Å². The van der Waals surface area contributed by atoms with Crippen LogP contribution in [0.25, 0.3) is 0 Å². The minimum atomic E-state index is 0.111. The fourth-order valence-corrected chi connectivity index (χ4v) is 2.35. The molecular formula is C15H23N3O. The Morgan fingerprint density at radius 2 is 2.05 bits per heavy atom. The summed E-state index contributed by atoms with van der Waals surface area (Å²) in [4.78, 5) is 16.7. The van der Waals surface area contributed by atoms with Crippen LogP contribution in [0.1, 0.15) is 36.5 Å². The molecule has 0 spiro atoms. The molecule has 1 saturated carbocycles. The SMILES string of the molecule is CCCN(C(=O)c1cc(N)ccc1N(C)C)C1CC1. The number of hydrogen-bond donors (Lipinski definition) is 1. The van der Waals surface area contributed by atoms with Gasteiger partial charge < -0.3 is 15.5 Å². The number of hydrogen-bond acceptors (Lipinski definition) is 3. The number of benzene rings is 1. The molecule has 1 aliphatic carbocycles. The van der Waals surface area contributed by atoms with Crippen LogP contribution in [-0.2, 0) is 0 Å². The lowest BCUT2D eigenvalue weighted by molar-refractivity contribution is 0.0744. The fraction of sp³-hybridized carbons (Fsp3) is 0.533. The van der Waals surface area contributed by atoms with Crippen molar-refractivity contribution < 1.29 is 4.79 Å². The Hall–Kier alpha value is -1.71. The summed E-state index contributed by atoms with van der Waals surface area (Å²) in [5.74, 6) is 0.111. The number of nitrogen functional groups attached to an aromatic ring is 1. The quantitative estimate of drug-likeness (QED) is 0.828. The van der Waals surface area contributed by atoms with Crippen LogP contribution in [0.5, 0.6) is 0 Å². The van der Waals surface area contributed by atoms with Crippen molar-refractivity contribution in [1.82, 2.24) is 4.90 Å². The van der Waals surface area contributed by atoms with Crippen LogP contribution in [-0.4, -0.2) is 37.5 Å². The second-order valence-corrected chi connectivity index (χ2v) is 5.40. The minimum Gasteiger partial charge on any atom is -0.399 e. The van der Waals surface area contributed by atoms with Crippen molar-refractivity contribution >= 4 is 17.3 Å². The molecule has 0 aromatic heterocycles. The normalized spacial score (nSPS) is 14.3. The third kappa shape index (κ3) is 3.00. The van der Waals surface area contributed by atoms with E-state index in [2.05, 4.69) is 6.92 Å². The molecule has 2 N–H and O–H groups in total. The molecule has 0 aliphatic heterocycles. The van der Waals surface area contributed by atoms with Crippen LogP contribution < -0.4 is 10.6 Å². The molecule has 2 rings (SSSR count). The zero-order valence-electron chi connectivity index (χ0n) is 12.0. The molecule has 1 aliphatic rings. The van der Waals surface area contributed by atoms with Crippen LogP contribution in [0.15, 0.2) is 18.2 Å². The second-order valence-electron chi connectivity index (χ2n) is 5.40. The van der Waals surface area contributed by atoms with E-state index in [1.165, 1.54) is 0 Å². The Labute approximate surface area is 115 Å². The van der Waals surface area contributed by atoms with Gasteiger partial charge in [-0.1, -0.05) is 6.92 Å². The molecule has 0 saturated heterocycles. The topological polar surface area (TPSA) is 49.6 Å². The van der Waals surface area contributed by atoms with E-state index in [4.69, 9.17) is 5.73 Å². The Morgan fingerprint density at radius 1 is 1.37 bits per heavy atom. The van der Waals surface area contributed by atoms with Crippen molar-refractivity contribution in [3.63, 3.8) is 0 Å². The summed E-state index contributed by atoms with van der Waals surface area (Å²) in [6.07, 6.45) is 3.25. The zero-order valence-corrected chi connectivity index (χ0v) is 12.0. The highest BCUT2D eigenvalue weighted by Gasteiger charge is 2.33. The molecule has 19 heavy (non-hydrogen) atoms. The van der Waals surface area contributed by atoms with E-state index in [0.717, 1.165) is 31.5 Å². The van der Waals surface area contributed by atoms with E-state index < -0.39 is 0 Å². The largest absolute Gasteiger partial charge is 0.399 e. The molecule has 104 valence electrons. The lowest BCUT2D eigenvalue weighted by atomic mass is 10.1. The lowest BCUT2D eigenvalue weighted by Crippen LogP contribution is -2.34. The summed E-state index contributed by atoms with van der Waals surface area (Å²) in [7, 11) is 3.90. The lowest BCUT2D eigenvalue weighted by Gasteiger charge is -2.25. The molecule has 0 atom stereocenters. The zero-order chi connectivity index (χ0) is 14.0. The van der Waals surface area contributed by atoms with E-state index in [-0.39, 0.29) is 5.91 Å². The van der Waals surface area contributed by atoms with Crippen molar-refractivity contribution in [3.8, 4) is 0 Å². The van der Waals surface area contributed by atoms with Gasteiger partial charge in [-0.2, -0.15) is 0 Å². The van der Waals surface area contributed by atoms with Crippen LogP contribution >= 0.6 is 0 Å².